The van der Waals surface area contributed by atoms with Crippen molar-refractivity contribution in [1.82, 2.24) is 0 Å². The number of allylic oxidation sites excluding steroid dienone is 2. The molecule has 0 aromatic heterocycles. The van der Waals surface area contributed by atoms with Crippen molar-refractivity contribution in [1.29, 1.82) is 0 Å². The molecule has 0 bridgehead atoms. The number of carbonyl (C=O) groups is 1. The fourth-order valence-corrected chi connectivity index (χ4v) is 0.0786. The van der Waals surface area contributed by atoms with E-state index in [4.69, 9.17) is 23.2 Å². The highest BCUT2D eigenvalue weighted by atomic mass is 35.5. The predicted molar refractivity (Wildman–Crippen MR) is 37.5 cm³/mol. The van der Waals surface area contributed by atoms with E-state index in [9.17, 15) is 4.79 Å². The number of aldehydes is 1. The summed E-state index contributed by atoms with van der Waals surface area (Å²) >= 11 is 9.53. The molecule has 0 aliphatic carbocycles. The molecule has 0 spiro atoms. The molecule has 3 heteroatoms. The fourth-order valence-electron chi connectivity index (χ4n) is 0.0786. The molecule has 0 unspecified atom stereocenters. The summed E-state index contributed by atoms with van der Waals surface area (Å²) in [7, 11) is 0. The molecule has 0 heterocycles. The van der Waals surface area contributed by atoms with Gasteiger partial charge in [-0.1, -0.05) is 6.08 Å². The van der Waals surface area contributed by atoms with Gasteiger partial charge in [-0.15, -0.1) is 23.2 Å². The summed E-state index contributed by atoms with van der Waals surface area (Å²) in [5.41, 5.74) is 0. The van der Waals surface area contributed by atoms with Gasteiger partial charge in [0.05, 0.1) is 5.34 Å². The number of halogens is 2. The van der Waals surface area contributed by atoms with E-state index in [0.717, 1.165) is 6.29 Å². The van der Waals surface area contributed by atoms with Crippen LogP contribution in [0.25, 0.3) is 0 Å². The van der Waals surface area contributed by atoms with Gasteiger partial charge in [0.15, 0.2) is 0 Å². The van der Waals surface area contributed by atoms with Crippen LogP contribution in [0, 0.1) is 0 Å². The number of rotatable bonds is 1. The van der Waals surface area contributed by atoms with Crippen molar-refractivity contribution in [3.63, 3.8) is 0 Å². The van der Waals surface area contributed by atoms with Crippen LogP contribution in [-0.2, 0) is 4.79 Å². The molecule has 0 aromatic rings. The smallest absolute Gasteiger partial charge is 0.142 e. The Hall–Kier alpha value is -0.0100. The van der Waals surface area contributed by atoms with Crippen LogP contribution in [0.2, 0.25) is 0 Å². The van der Waals surface area contributed by atoms with Crippen LogP contribution in [0.3, 0.4) is 0 Å². The molecule has 0 amide bonds. The summed E-state index contributed by atoms with van der Waals surface area (Å²) < 4.78 is 0. The predicted octanol–water partition coefficient (Wildman–Crippen LogP) is 2.18. The van der Waals surface area contributed by atoms with E-state index in [1.807, 2.05) is 0 Å². The molecule has 0 aromatic carbocycles. The highest BCUT2D eigenvalue weighted by Crippen LogP contribution is 1.73. The van der Waals surface area contributed by atoms with E-state index in [0.29, 0.717) is 0 Å². The number of hydrogen-bond donors (Lipinski definition) is 0. The van der Waals surface area contributed by atoms with E-state index in [1.165, 1.54) is 6.08 Å². The van der Waals surface area contributed by atoms with Crippen molar-refractivity contribution < 1.29 is 4.79 Å². The summed E-state index contributed by atoms with van der Waals surface area (Å²) in [4.78, 5) is 9.32. The van der Waals surface area contributed by atoms with Crippen LogP contribution >= 0.6 is 23.2 Å². The Kier molecular flexibility index (Phi) is 21.4. The monoisotopic (exact) mass is 154 g/mol. The van der Waals surface area contributed by atoms with Crippen LogP contribution in [0.5, 0.6) is 0 Å². The van der Waals surface area contributed by atoms with Crippen LogP contribution in [0.1, 0.15) is 6.92 Å². The first-order valence-electron chi connectivity index (χ1n) is 2.01. The molecule has 0 saturated heterocycles. The van der Waals surface area contributed by atoms with Gasteiger partial charge in [-0.3, -0.25) is 4.79 Å². The van der Waals surface area contributed by atoms with Crippen molar-refractivity contribution in [3.8, 4) is 0 Å². The highest BCUT2D eigenvalue weighted by molar-refractivity contribution is 6.40. The van der Waals surface area contributed by atoms with E-state index in [1.54, 1.807) is 13.0 Å². The molecule has 0 saturated carbocycles. The summed E-state index contributed by atoms with van der Waals surface area (Å²) in [5.74, 6) is 0. The molecular weight excluding hydrogens is 147 g/mol. The minimum absolute atomic E-state index is 0.194. The van der Waals surface area contributed by atoms with Gasteiger partial charge in [-0.05, 0) is 13.0 Å². The lowest BCUT2D eigenvalue weighted by atomic mass is 10.6. The molecule has 0 N–H and O–H groups in total. The lowest BCUT2D eigenvalue weighted by Gasteiger charge is -1.51. The maximum absolute atomic E-state index is 9.32. The normalized spacial score (nSPS) is 7.88. The van der Waals surface area contributed by atoms with Crippen molar-refractivity contribution >= 4 is 29.5 Å². The minimum Gasteiger partial charge on any atom is -0.299 e. The second-order valence-corrected chi connectivity index (χ2v) is 1.57. The molecule has 0 fully saturated rings. The molecule has 0 rings (SSSR count). The Bertz CT molecular complexity index is 61.4. The third kappa shape index (κ3) is 37.7. The van der Waals surface area contributed by atoms with E-state index in [-0.39, 0.29) is 5.34 Å². The lowest BCUT2D eigenvalue weighted by Crippen LogP contribution is -1.50. The van der Waals surface area contributed by atoms with Crippen LogP contribution in [-0.4, -0.2) is 11.6 Å². The standard InChI is InChI=1S/C4H6O.CH2Cl2/c1-2-3-4-5;2-1-3/h2-4H,1H3;1H2/b3-2+;. The van der Waals surface area contributed by atoms with Crippen molar-refractivity contribution in [2.75, 3.05) is 5.34 Å². The Balaban J connectivity index is 0. The fraction of sp³-hybridized carbons (Fsp3) is 0.400. The van der Waals surface area contributed by atoms with Gasteiger partial charge >= 0.3 is 0 Å². The SMILES string of the molecule is C/C=C/C=O.ClCCl. The Morgan fingerprint density at radius 1 is 1.50 bits per heavy atom. The third-order valence-electron chi connectivity index (χ3n) is 0.271. The first kappa shape index (κ1) is 10.9. The molecule has 0 aliphatic heterocycles. The lowest BCUT2D eigenvalue weighted by molar-refractivity contribution is -0.104. The van der Waals surface area contributed by atoms with Gasteiger partial charge in [0.25, 0.3) is 0 Å². The average molecular weight is 155 g/mol. The number of hydrogen-bond acceptors (Lipinski definition) is 1. The number of carbonyl (C=O) groups excluding carboxylic acids is 1. The zero-order valence-electron chi connectivity index (χ0n) is 4.60. The molecule has 0 atom stereocenters. The van der Waals surface area contributed by atoms with Crippen LogP contribution in [0.4, 0.5) is 0 Å². The largest absolute Gasteiger partial charge is 0.299 e. The maximum Gasteiger partial charge on any atom is 0.142 e. The Labute approximate surface area is 59.3 Å². The van der Waals surface area contributed by atoms with Crippen LogP contribution in [0.15, 0.2) is 12.2 Å². The quantitative estimate of drug-likeness (QED) is 0.322. The first-order valence-corrected chi connectivity index (χ1v) is 3.08. The zero-order chi connectivity index (χ0) is 6.83. The molecule has 1 nitrogen and oxygen atoms in total. The van der Waals surface area contributed by atoms with Gasteiger partial charge in [-0.25, -0.2) is 0 Å². The van der Waals surface area contributed by atoms with Crippen molar-refractivity contribution in [2.24, 2.45) is 0 Å². The van der Waals surface area contributed by atoms with Crippen molar-refractivity contribution in [2.45, 2.75) is 6.92 Å². The summed E-state index contributed by atoms with van der Waals surface area (Å²) in [6.07, 6.45) is 3.88. The van der Waals surface area contributed by atoms with Gasteiger partial charge in [0, 0.05) is 0 Å². The van der Waals surface area contributed by atoms with Crippen LogP contribution < -0.4 is 0 Å². The molecule has 8 heavy (non-hydrogen) atoms. The van der Waals surface area contributed by atoms with Gasteiger partial charge < -0.3 is 0 Å². The number of alkyl halides is 2. The molecule has 48 valence electrons. The highest BCUT2D eigenvalue weighted by Gasteiger charge is 1.48. The minimum atomic E-state index is 0.194. The van der Waals surface area contributed by atoms with Gasteiger partial charge in [0.1, 0.15) is 6.29 Å². The van der Waals surface area contributed by atoms with E-state index in [2.05, 4.69) is 0 Å². The van der Waals surface area contributed by atoms with Gasteiger partial charge in [0.2, 0.25) is 0 Å². The van der Waals surface area contributed by atoms with Gasteiger partial charge in [-0.2, -0.15) is 0 Å². The van der Waals surface area contributed by atoms with Crippen molar-refractivity contribution in [3.05, 3.63) is 12.2 Å². The summed E-state index contributed by atoms with van der Waals surface area (Å²) in [5, 5.41) is 0.194. The third-order valence-corrected chi connectivity index (χ3v) is 0.271. The molecular formula is C5H8Cl2O. The summed E-state index contributed by atoms with van der Waals surface area (Å²) in [6.45, 7) is 1.80. The zero-order valence-corrected chi connectivity index (χ0v) is 6.12. The second kappa shape index (κ2) is 15.8. The topological polar surface area (TPSA) is 17.1 Å². The molecule has 0 radical (unpaired) electrons. The Morgan fingerprint density at radius 2 is 1.88 bits per heavy atom. The summed E-state index contributed by atoms with van der Waals surface area (Å²) in [6, 6.07) is 0. The second-order valence-electron chi connectivity index (χ2n) is 0.763. The van der Waals surface area contributed by atoms with E-state index >= 15 is 0 Å². The average Bonchev–Trinajstić information content (AvgIpc) is 1.71. The maximum atomic E-state index is 9.32. The molecule has 0 aliphatic rings. The first-order chi connectivity index (χ1) is 3.83. The Morgan fingerprint density at radius 3 is 1.88 bits per heavy atom. The van der Waals surface area contributed by atoms with E-state index < -0.39 is 0 Å².